The van der Waals surface area contributed by atoms with E-state index in [0.717, 1.165) is 23.0 Å². The van der Waals surface area contributed by atoms with Crippen molar-refractivity contribution in [2.45, 2.75) is 19.9 Å². The molecule has 1 heterocycles. The van der Waals surface area contributed by atoms with Gasteiger partial charge in [0.05, 0.1) is 18.1 Å². The van der Waals surface area contributed by atoms with Crippen molar-refractivity contribution in [2.24, 2.45) is 0 Å². The fraction of sp³-hybridized carbons (Fsp3) is 0.190. The zero-order chi connectivity index (χ0) is 19.2. The Balaban J connectivity index is 1.62. The highest BCUT2D eigenvalue weighted by Gasteiger charge is 2.17. The smallest absolute Gasteiger partial charge is 0.340 e. The molecule has 0 aliphatic heterocycles. The zero-order valence-corrected chi connectivity index (χ0v) is 14.9. The molecule has 0 spiro atoms. The highest BCUT2D eigenvalue weighted by molar-refractivity contribution is 6.05. The molecule has 27 heavy (non-hydrogen) atoms. The molecule has 1 N–H and O–H groups in total. The van der Waals surface area contributed by atoms with Crippen LogP contribution >= 0.6 is 0 Å². The quantitative estimate of drug-likeness (QED) is 0.681. The molecular weight excluding hydrogens is 342 g/mol. The topological polar surface area (TPSA) is 84.1 Å². The first-order valence-corrected chi connectivity index (χ1v) is 8.63. The van der Waals surface area contributed by atoms with Gasteiger partial charge in [-0.3, -0.25) is 4.79 Å². The number of rotatable bonds is 6. The number of esters is 1. The van der Waals surface area contributed by atoms with Crippen molar-refractivity contribution in [2.75, 3.05) is 11.9 Å². The number of nitrogens with one attached hydrogen (secondary N) is 1. The molecule has 6 heteroatoms. The third-order valence-electron chi connectivity index (χ3n) is 4.20. The summed E-state index contributed by atoms with van der Waals surface area (Å²) in [7, 11) is 0. The fourth-order valence-corrected chi connectivity index (χ4v) is 2.87. The average molecular weight is 361 g/mol. The van der Waals surface area contributed by atoms with Gasteiger partial charge in [0, 0.05) is 29.3 Å². The second-order valence-corrected chi connectivity index (χ2v) is 6.00. The minimum Gasteiger partial charge on any atom is -0.452 e. The van der Waals surface area contributed by atoms with E-state index in [0.29, 0.717) is 17.7 Å². The number of hydrogen-bond acceptors (Lipinski definition) is 4. The lowest BCUT2D eigenvalue weighted by Crippen LogP contribution is -2.20. The lowest BCUT2D eigenvalue weighted by molar-refractivity contribution is -0.119. The lowest BCUT2D eigenvalue weighted by Gasteiger charge is -2.07. The number of carbonyl (C=O) groups excluding carboxylic acids is 2. The van der Waals surface area contributed by atoms with E-state index < -0.39 is 11.9 Å². The van der Waals surface area contributed by atoms with Gasteiger partial charge in [-0.15, -0.1) is 0 Å². The van der Waals surface area contributed by atoms with Crippen LogP contribution in [0.1, 0.15) is 22.8 Å². The van der Waals surface area contributed by atoms with Gasteiger partial charge in [0.15, 0.2) is 6.61 Å². The van der Waals surface area contributed by atoms with Crippen molar-refractivity contribution in [1.29, 1.82) is 5.26 Å². The Morgan fingerprint density at radius 2 is 1.89 bits per heavy atom. The molecule has 1 amide bonds. The number of fused-ring (bicyclic) bond motifs is 1. The van der Waals surface area contributed by atoms with E-state index in [9.17, 15) is 9.59 Å². The molecule has 0 aliphatic carbocycles. The highest BCUT2D eigenvalue weighted by Crippen LogP contribution is 2.22. The van der Waals surface area contributed by atoms with Crippen molar-refractivity contribution in [3.8, 4) is 6.07 Å². The molecule has 3 aromatic rings. The maximum absolute atomic E-state index is 12.4. The van der Waals surface area contributed by atoms with Crippen molar-refractivity contribution in [1.82, 2.24) is 4.57 Å². The van der Waals surface area contributed by atoms with E-state index in [-0.39, 0.29) is 6.61 Å². The second kappa shape index (κ2) is 8.19. The van der Waals surface area contributed by atoms with Gasteiger partial charge in [0.2, 0.25) is 0 Å². The molecule has 3 rings (SSSR count). The van der Waals surface area contributed by atoms with Crippen LogP contribution in [0.5, 0.6) is 0 Å². The van der Waals surface area contributed by atoms with Crippen LogP contribution in [0.4, 0.5) is 5.69 Å². The van der Waals surface area contributed by atoms with Crippen LogP contribution in [-0.4, -0.2) is 23.1 Å². The van der Waals surface area contributed by atoms with Crippen LogP contribution in [0.25, 0.3) is 10.9 Å². The predicted molar refractivity (Wildman–Crippen MR) is 102 cm³/mol. The van der Waals surface area contributed by atoms with Crippen molar-refractivity contribution >= 4 is 28.5 Å². The van der Waals surface area contributed by atoms with Gasteiger partial charge in [-0.1, -0.05) is 30.3 Å². The van der Waals surface area contributed by atoms with Crippen molar-refractivity contribution < 1.29 is 14.3 Å². The average Bonchev–Trinajstić information content (AvgIpc) is 3.07. The van der Waals surface area contributed by atoms with E-state index in [1.54, 1.807) is 30.5 Å². The molecule has 0 bridgehead atoms. The standard InChI is InChI=1S/C21H19N3O3/c1-2-24-13-18(17-5-3-4-6-19(17)24)21(26)27-14-20(25)23-16-9-7-15(8-10-16)11-12-22/h3-10,13H,2,11,14H2,1H3,(H,23,25). The summed E-state index contributed by atoms with van der Waals surface area (Å²) in [4.78, 5) is 24.5. The fourth-order valence-electron chi connectivity index (χ4n) is 2.87. The van der Waals surface area contributed by atoms with Gasteiger partial charge in [0.25, 0.3) is 5.91 Å². The number of nitriles is 1. The van der Waals surface area contributed by atoms with E-state index in [4.69, 9.17) is 10.00 Å². The molecule has 0 fully saturated rings. The Morgan fingerprint density at radius 1 is 1.15 bits per heavy atom. The van der Waals surface area contributed by atoms with Gasteiger partial charge >= 0.3 is 5.97 Å². The summed E-state index contributed by atoms with van der Waals surface area (Å²) in [6.45, 7) is 2.36. The Morgan fingerprint density at radius 3 is 2.59 bits per heavy atom. The Labute approximate surface area is 157 Å². The summed E-state index contributed by atoms with van der Waals surface area (Å²) in [5.41, 5.74) is 2.85. The van der Waals surface area contributed by atoms with Crippen LogP contribution in [-0.2, 0) is 22.5 Å². The minimum atomic E-state index is -0.530. The molecule has 0 saturated carbocycles. The Bertz CT molecular complexity index is 1010. The van der Waals surface area contributed by atoms with E-state index in [1.807, 2.05) is 35.8 Å². The van der Waals surface area contributed by atoms with Crippen LogP contribution in [0.3, 0.4) is 0 Å². The second-order valence-electron chi connectivity index (χ2n) is 6.00. The molecule has 0 aliphatic rings. The predicted octanol–water partition coefficient (Wildman–Crippen LogP) is 3.52. The van der Waals surface area contributed by atoms with Gasteiger partial charge in [-0.05, 0) is 30.7 Å². The van der Waals surface area contributed by atoms with Crippen LogP contribution in [0.2, 0.25) is 0 Å². The normalized spacial score (nSPS) is 10.4. The number of hydrogen-bond donors (Lipinski definition) is 1. The third kappa shape index (κ3) is 4.15. The Kier molecular flexibility index (Phi) is 5.53. The highest BCUT2D eigenvalue weighted by atomic mass is 16.5. The SMILES string of the molecule is CCn1cc(C(=O)OCC(=O)Nc2ccc(CC#N)cc2)c2ccccc21. The number of ether oxygens (including phenoxy) is 1. The number of aryl methyl sites for hydroxylation is 1. The first-order valence-electron chi connectivity index (χ1n) is 8.63. The third-order valence-corrected chi connectivity index (χ3v) is 4.20. The first-order chi connectivity index (χ1) is 13.1. The Hall–Kier alpha value is -3.59. The summed E-state index contributed by atoms with van der Waals surface area (Å²) in [6.07, 6.45) is 2.07. The minimum absolute atomic E-state index is 0.317. The van der Waals surface area contributed by atoms with Gasteiger partial charge in [-0.2, -0.15) is 5.26 Å². The summed E-state index contributed by atoms with van der Waals surface area (Å²) < 4.78 is 7.15. The maximum Gasteiger partial charge on any atom is 0.340 e. The van der Waals surface area contributed by atoms with Crippen LogP contribution in [0, 0.1) is 11.3 Å². The number of para-hydroxylation sites is 1. The molecule has 136 valence electrons. The van der Waals surface area contributed by atoms with Crippen LogP contribution in [0.15, 0.2) is 54.7 Å². The number of anilines is 1. The summed E-state index contributed by atoms with van der Waals surface area (Å²) in [5, 5.41) is 12.1. The van der Waals surface area contributed by atoms with E-state index in [2.05, 4.69) is 11.4 Å². The molecule has 0 atom stereocenters. The van der Waals surface area contributed by atoms with E-state index in [1.165, 1.54) is 0 Å². The molecule has 0 saturated heterocycles. The van der Waals surface area contributed by atoms with Gasteiger partial charge < -0.3 is 14.6 Å². The molecule has 6 nitrogen and oxygen atoms in total. The lowest BCUT2D eigenvalue weighted by atomic mass is 10.1. The van der Waals surface area contributed by atoms with Crippen molar-refractivity contribution in [3.05, 3.63) is 65.9 Å². The largest absolute Gasteiger partial charge is 0.452 e. The summed E-state index contributed by atoms with van der Waals surface area (Å²) in [6, 6.07) is 16.6. The number of nitrogens with zero attached hydrogens (tertiary/aromatic N) is 2. The summed E-state index contributed by atoms with van der Waals surface area (Å²) >= 11 is 0. The zero-order valence-electron chi connectivity index (χ0n) is 14.9. The molecule has 1 aromatic heterocycles. The van der Waals surface area contributed by atoms with Gasteiger partial charge in [-0.25, -0.2) is 4.79 Å². The van der Waals surface area contributed by atoms with Gasteiger partial charge in [0.1, 0.15) is 0 Å². The molecular formula is C21H19N3O3. The molecule has 0 unspecified atom stereocenters. The maximum atomic E-state index is 12.4. The molecule has 0 radical (unpaired) electrons. The summed E-state index contributed by atoms with van der Waals surface area (Å²) in [5.74, 6) is -0.950. The number of carbonyl (C=O) groups is 2. The molecule has 2 aromatic carbocycles. The number of aromatic nitrogens is 1. The van der Waals surface area contributed by atoms with Crippen LogP contribution < -0.4 is 5.32 Å². The van der Waals surface area contributed by atoms with Crippen molar-refractivity contribution in [3.63, 3.8) is 0 Å². The number of amides is 1. The first kappa shape index (κ1) is 18.2. The van der Waals surface area contributed by atoms with E-state index >= 15 is 0 Å². The monoisotopic (exact) mass is 361 g/mol. The number of benzene rings is 2.